The molecular weight excluding hydrogens is 352 g/mol. The molecule has 0 unspecified atom stereocenters. The Bertz CT molecular complexity index is 836. The van der Waals surface area contributed by atoms with E-state index in [4.69, 9.17) is 16.3 Å². The predicted molar refractivity (Wildman–Crippen MR) is 93.3 cm³/mol. The van der Waals surface area contributed by atoms with Crippen LogP contribution in [-0.2, 0) is 10.0 Å². The molecule has 0 atom stereocenters. The average molecular weight is 369 g/mol. The number of carbonyl (C=O) groups is 1. The van der Waals surface area contributed by atoms with E-state index in [-0.39, 0.29) is 10.5 Å². The summed E-state index contributed by atoms with van der Waals surface area (Å²) in [6.07, 6.45) is 0. The second-order valence-corrected chi connectivity index (χ2v) is 6.95. The minimum absolute atomic E-state index is 0.0421. The third kappa shape index (κ3) is 4.18. The SMILES string of the molecule is CCNC(=O)c1cc(S(=O)(=O)Nc2ccc(Cl)cc2)ccc1OC. The zero-order valence-electron chi connectivity index (χ0n) is 13.2. The van der Waals surface area contributed by atoms with E-state index in [1.807, 2.05) is 0 Å². The Morgan fingerprint density at radius 3 is 2.42 bits per heavy atom. The highest BCUT2D eigenvalue weighted by atomic mass is 35.5. The van der Waals surface area contributed by atoms with E-state index in [9.17, 15) is 13.2 Å². The zero-order valence-corrected chi connectivity index (χ0v) is 14.7. The number of carbonyl (C=O) groups excluding carboxylic acids is 1. The fraction of sp³-hybridized carbons (Fsp3) is 0.188. The summed E-state index contributed by atoms with van der Waals surface area (Å²) >= 11 is 5.78. The number of nitrogens with one attached hydrogen (secondary N) is 2. The van der Waals surface area contributed by atoms with Crippen molar-refractivity contribution in [1.82, 2.24) is 5.32 Å². The Morgan fingerprint density at radius 1 is 1.17 bits per heavy atom. The number of halogens is 1. The van der Waals surface area contributed by atoms with E-state index in [0.717, 1.165) is 0 Å². The minimum Gasteiger partial charge on any atom is -0.496 e. The van der Waals surface area contributed by atoms with Gasteiger partial charge in [0.25, 0.3) is 15.9 Å². The molecule has 0 saturated carbocycles. The number of ether oxygens (including phenoxy) is 1. The molecule has 0 saturated heterocycles. The third-order valence-electron chi connectivity index (χ3n) is 3.16. The standard InChI is InChI=1S/C16H17ClN2O4S/c1-3-18-16(20)14-10-13(8-9-15(14)23-2)24(21,22)19-12-6-4-11(17)5-7-12/h4-10,19H,3H2,1-2H3,(H,18,20). The van der Waals surface area contributed by atoms with Gasteiger partial charge in [-0.2, -0.15) is 0 Å². The second-order valence-electron chi connectivity index (χ2n) is 4.83. The number of methoxy groups -OCH3 is 1. The molecule has 0 aliphatic heterocycles. The average Bonchev–Trinajstić information content (AvgIpc) is 2.56. The number of benzene rings is 2. The molecule has 1 amide bonds. The van der Waals surface area contributed by atoms with Crippen LogP contribution in [0.2, 0.25) is 5.02 Å². The molecule has 0 spiro atoms. The highest BCUT2D eigenvalue weighted by Gasteiger charge is 2.19. The lowest BCUT2D eigenvalue weighted by Crippen LogP contribution is -2.24. The molecule has 0 aliphatic rings. The van der Waals surface area contributed by atoms with Crippen LogP contribution in [0.1, 0.15) is 17.3 Å². The first kappa shape index (κ1) is 18.1. The largest absolute Gasteiger partial charge is 0.496 e. The molecule has 2 aromatic carbocycles. The fourth-order valence-electron chi connectivity index (χ4n) is 2.02. The van der Waals surface area contributed by atoms with Crippen LogP contribution in [0.5, 0.6) is 5.75 Å². The molecule has 0 aromatic heterocycles. The van der Waals surface area contributed by atoms with Gasteiger partial charge >= 0.3 is 0 Å². The molecule has 0 fully saturated rings. The summed E-state index contributed by atoms with van der Waals surface area (Å²) in [7, 11) is -2.44. The second kappa shape index (κ2) is 7.55. The van der Waals surface area contributed by atoms with Gasteiger partial charge in [0, 0.05) is 17.3 Å². The maximum Gasteiger partial charge on any atom is 0.261 e. The fourth-order valence-corrected chi connectivity index (χ4v) is 3.23. The number of hydrogen-bond acceptors (Lipinski definition) is 4. The van der Waals surface area contributed by atoms with E-state index in [1.165, 1.54) is 25.3 Å². The van der Waals surface area contributed by atoms with Crippen LogP contribution in [0.25, 0.3) is 0 Å². The molecule has 2 rings (SSSR count). The summed E-state index contributed by atoms with van der Waals surface area (Å²) in [5, 5.41) is 3.12. The summed E-state index contributed by atoms with van der Waals surface area (Å²) in [6.45, 7) is 2.19. The Kier molecular flexibility index (Phi) is 5.69. The van der Waals surface area contributed by atoms with Gasteiger partial charge in [0.05, 0.1) is 17.6 Å². The maximum absolute atomic E-state index is 12.5. The van der Waals surface area contributed by atoms with Crippen LogP contribution < -0.4 is 14.8 Å². The lowest BCUT2D eigenvalue weighted by atomic mass is 10.2. The first-order valence-corrected chi connectivity index (χ1v) is 8.98. The van der Waals surface area contributed by atoms with Crippen LogP contribution in [0.4, 0.5) is 5.69 Å². The van der Waals surface area contributed by atoms with Gasteiger partial charge in [-0.25, -0.2) is 8.42 Å². The molecule has 6 nitrogen and oxygen atoms in total. The molecule has 2 N–H and O–H groups in total. The van der Waals surface area contributed by atoms with E-state index >= 15 is 0 Å². The number of hydrogen-bond donors (Lipinski definition) is 2. The number of sulfonamides is 1. The van der Waals surface area contributed by atoms with Crippen LogP contribution >= 0.6 is 11.6 Å². The summed E-state index contributed by atoms with van der Waals surface area (Å²) in [5.41, 5.74) is 0.521. The van der Waals surface area contributed by atoms with E-state index in [0.29, 0.717) is 23.0 Å². The number of amides is 1. The van der Waals surface area contributed by atoms with Crippen molar-refractivity contribution in [2.75, 3.05) is 18.4 Å². The third-order valence-corrected chi connectivity index (χ3v) is 4.79. The highest BCUT2D eigenvalue weighted by Crippen LogP contribution is 2.24. The lowest BCUT2D eigenvalue weighted by Gasteiger charge is -2.12. The molecule has 24 heavy (non-hydrogen) atoms. The van der Waals surface area contributed by atoms with Crippen LogP contribution in [-0.4, -0.2) is 28.0 Å². The van der Waals surface area contributed by atoms with Gasteiger partial charge in [-0.1, -0.05) is 11.6 Å². The number of rotatable bonds is 6. The summed E-state index contributed by atoms with van der Waals surface area (Å²) < 4.78 is 32.6. The van der Waals surface area contributed by atoms with Crippen molar-refractivity contribution in [3.63, 3.8) is 0 Å². The van der Waals surface area contributed by atoms with Gasteiger partial charge in [0.1, 0.15) is 5.75 Å². The Morgan fingerprint density at radius 2 is 1.83 bits per heavy atom. The first-order chi connectivity index (χ1) is 11.4. The van der Waals surface area contributed by atoms with Gasteiger partial charge in [0.15, 0.2) is 0 Å². The molecule has 8 heteroatoms. The lowest BCUT2D eigenvalue weighted by molar-refractivity contribution is 0.0952. The van der Waals surface area contributed by atoms with E-state index in [2.05, 4.69) is 10.0 Å². The van der Waals surface area contributed by atoms with Crippen LogP contribution in [0, 0.1) is 0 Å². The van der Waals surface area contributed by atoms with Crippen molar-refractivity contribution in [2.45, 2.75) is 11.8 Å². The quantitative estimate of drug-likeness (QED) is 0.821. The van der Waals surface area contributed by atoms with Gasteiger partial charge in [0.2, 0.25) is 0 Å². The summed E-state index contributed by atoms with van der Waals surface area (Å²) in [6, 6.07) is 10.4. The molecular formula is C16H17ClN2O4S. The highest BCUT2D eigenvalue weighted by molar-refractivity contribution is 7.92. The van der Waals surface area contributed by atoms with Crippen molar-refractivity contribution in [1.29, 1.82) is 0 Å². The van der Waals surface area contributed by atoms with Crippen molar-refractivity contribution in [3.8, 4) is 5.75 Å². The van der Waals surface area contributed by atoms with E-state index in [1.54, 1.807) is 31.2 Å². The monoisotopic (exact) mass is 368 g/mol. The normalized spacial score (nSPS) is 11.0. The predicted octanol–water partition coefficient (Wildman–Crippen LogP) is 2.90. The molecule has 0 radical (unpaired) electrons. The Balaban J connectivity index is 2.37. The Labute approximate surface area is 145 Å². The Hall–Kier alpha value is -2.25. The molecule has 0 aliphatic carbocycles. The first-order valence-electron chi connectivity index (χ1n) is 7.12. The van der Waals surface area contributed by atoms with Gasteiger partial charge < -0.3 is 10.1 Å². The van der Waals surface area contributed by atoms with Gasteiger partial charge in [-0.05, 0) is 49.4 Å². The van der Waals surface area contributed by atoms with Gasteiger partial charge in [-0.3, -0.25) is 9.52 Å². The topological polar surface area (TPSA) is 84.5 Å². The number of anilines is 1. The maximum atomic E-state index is 12.5. The molecule has 128 valence electrons. The summed E-state index contributed by atoms with van der Waals surface area (Å²) in [4.78, 5) is 12.0. The molecule has 0 heterocycles. The van der Waals surface area contributed by atoms with Gasteiger partial charge in [-0.15, -0.1) is 0 Å². The van der Waals surface area contributed by atoms with Crippen molar-refractivity contribution in [2.24, 2.45) is 0 Å². The smallest absolute Gasteiger partial charge is 0.261 e. The van der Waals surface area contributed by atoms with Crippen LogP contribution in [0.3, 0.4) is 0 Å². The molecule has 2 aromatic rings. The van der Waals surface area contributed by atoms with Crippen molar-refractivity contribution < 1.29 is 17.9 Å². The van der Waals surface area contributed by atoms with Crippen LogP contribution in [0.15, 0.2) is 47.4 Å². The minimum atomic E-state index is -3.85. The van der Waals surface area contributed by atoms with Crippen molar-refractivity contribution in [3.05, 3.63) is 53.1 Å². The van der Waals surface area contributed by atoms with Crippen molar-refractivity contribution >= 4 is 33.2 Å². The van der Waals surface area contributed by atoms with E-state index < -0.39 is 15.9 Å². The zero-order chi connectivity index (χ0) is 17.7. The summed E-state index contributed by atoms with van der Waals surface area (Å²) in [5.74, 6) is -0.107. The molecule has 0 bridgehead atoms.